The Kier molecular flexibility index (Phi) is 7.72. The predicted octanol–water partition coefficient (Wildman–Crippen LogP) is 3.43. The van der Waals surface area contributed by atoms with E-state index in [9.17, 15) is 27.2 Å². The van der Waals surface area contributed by atoms with E-state index in [1.807, 2.05) is 0 Å². The highest BCUT2D eigenvalue weighted by atomic mass is 19.3. The Balaban J connectivity index is 1.46. The number of anilines is 2. The maximum Gasteiger partial charge on any atom is 0.387 e. The Morgan fingerprint density at radius 3 is 2.20 bits per heavy atom. The van der Waals surface area contributed by atoms with E-state index < -0.39 is 29.6 Å². The molecule has 2 aromatic heterocycles. The molecule has 0 aliphatic rings. The number of imidazole rings is 1. The third kappa shape index (κ3) is 6.05. The summed E-state index contributed by atoms with van der Waals surface area (Å²) in [5, 5.41) is 2.94. The van der Waals surface area contributed by atoms with Crippen molar-refractivity contribution in [3.8, 4) is 5.75 Å². The fraction of sp³-hybridized carbons (Fsp3) is 0.185. The molecule has 212 valence electrons. The maximum absolute atomic E-state index is 14.5. The molecule has 0 amide bonds. The van der Waals surface area contributed by atoms with Crippen LogP contribution >= 0.6 is 0 Å². The first-order valence-electron chi connectivity index (χ1n) is 12.3. The minimum atomic E-state index is -2.99. The number of halogens is 4. The number of fused-ring (bicyclic) bond motifs is 1. The summed E-state index contributed by atoms with van der Waals surface area (Å²) >= 11 is 0. The van der Waals surface area contributed by atoms with E-state index in [2.05, 4.69) is 20.0 Å². The molecule has 0 fully saturated rings. The van der Waals surface area contributed by atoms with E-state index in [1.54, 1.807) is 6.07 Å². The number of alkyl halides is 2. The lowest BCUT2D eigenvalue weighted by Crippen LogP contribution is -2.43. The number of nitrogens with zero attached hydrogens (tertiary/aromatic N) is 5. The van der Waals surface area contributed by atoms with Crippen LogP contribution in [0.4, 0.5) is 29.5 Å². The van der Waals surface area contributed by atoms with Crippen LogP contribution < -0.4 is 27.2 Å². The molecule has 14 heteroatoms. The molecule has 41 heavy (non-hydrogen) atoms. The highest BCUT2D eigenvalue weighted by molar-refractivity contribution is 5.78. The minimum Gasteiger partial charge on any atom is -0.435 e. The molecule has 5 rings (SSSR count). The largest absolute Gasteiger partial charge is 0.435 e. The molecular weight excluding hydrogens is 546 g/mol. The Morgan fingerprint density at radius 2 is 1.51 bits per heavy atom. The molecule has 0 unspecified atom stereocenters. The van der Waals surface area contributed by atoms with Gasteiger partial charge in [-0.05, 0) is 47.5 Å². The van der Waals surface area contributed by atoms with Crippen LogP contribution in [0, 0.1) is 11.6 Å². The molecular formula is C27H23F4N7O3. The van der Waals surface area contributed by atoms with Crippen molar-refractivity contribution in [1.29, 1.82) is 0 Å². The number of nitrogens with one attached hydrogen (secondary N) is 1. The fourth-order valence-corrected chi connectivity index (χ4v) is 4.34. The Morgan fingerprint density at radius 1 is 0.854 bits per heavy atom. The van der Waals surface area contributed by atoms with Gasteiger partial charge >= 0.3 is 18.0 Å². The van der Waals surface area contributed by atoms with Crippen molar-refractivity contribution in [2.45, 2.75) is 26.2 Å². The summed E-state index contributed by atoms with van der Waals surface area (Å²) in [6.07, 6.45) is 0. The average Bonchev–Trinajstić information content (AvgIpc) is 3.26. The summed E-state index contributed by atoms with van der Waals surface area (Å²) < 4.78 is 60.8. The number of ether oxygens (including phenoxy) is 1. The second kappa shape index (κ2) is 11.5. The number of benzene rings is 3. The summed E-state index contributed by atoms with van der Waals surface area (Å²) in [6, 6.07) is 15.3. The number of aromatic nitrogens is 5. The van der Waals surface area contributed by atoms with Crippen LogP contribution in [0.15, 0.2) is 76.3 Å². The summed E-state index contributed by atoms with van der Waals surface area (Å²) in [4.78, 5) is 34.6. The molecule has 10 nitrogen and oxygen atoms in total. The monoisotopic (exact) mass is 569 g/mol. The predicted molar refractivity (Wildman–Crippen MR) is 143 cm³/mol. The lowest BCUT2D eigenvalue weighted by atomic mass is 10.2. The van der Waals surface area contributed by atoms with E-state index in [0.29, 0.717) is 16.6 Å². The molecule has 3 N–H and O–H groups in total. The van der Waals surface area contributed by atoms with Gasteiger partial charge in [0.05, 0.1) is 18.6 Å². The van der Waals surface area contributed by atoms with Crippen molar-refractivity contribution < 1.29 is 22.3 Å². The molecule has 5 aromatic rings. The maximum atomic E-state index is 14.5. The highest BCUT2D eigenvalue weighted by Gasteiger charge is 2.16. The Labute approximate surface area is 229 Å². The van der Waals surface area contributed by atoms with Gasteiger partial charge in [-0.2, -0.15) is 13.8 Å². The molecule has 0 bridgehead atoms. The first-order valence-corrected chi connectivity index (χ1v) is 12.3. The zero-order valence-electron chi connectivity index (χ0n) is 21.3. The second-order valence-electron chi connectivity index (χ2n) is 8.98. The molecule has 0 aliphatic carbocycles. The van der Waals surface area contributed by atoms with Crippen LogP contribution in [0.25, 0.3) is 11.0 Å². The molecule has 0 atom stereocenters. The average molecular weight is 570 g/mol. The van der Waals surface area contributed by atoms with Crippen molar-refractivity contribution in [2.75, 3.05) is 17.6 Å². The van der Waals surface area contributed by atoms with Crippen LogP contribution in [0.3, 0.4) is 0 Å². The van der Waals surface area contributed by atoms with Gasteiger partial charge in [0.15, 0.2) is 0 Å². The van der Waals surface area contributed by atoms with E-state index in [1.165, 1.54) is 69.8 Å². The molecule has 2 heterocycles. The van der Waals surface area contributed by atoms with Crippen LogP contribution in [0.2, 0.25) is 0 Å². The van der Waals surface area contributed by atoms with Gasteiger partial charge in [0.2, 0.25) is 11.9 Å². The third-order valence-corrected chi connectivity index (χ3v) is 6.26. The van der Waals surface area contributed by atoms with Crippen LogP contribution in [0.1, 0.15) is 11.1 Å². The van der Waals surface area contributed by atoms with Crippen LogP contribution in [0.5, 0.6) is 5.75 Å². The van der Waals surface area contributed by atoms with Crippen molar-refractivity contribution in [3.05, 3.63) is 110 Å². The van der Waals surface area contributed by atoms with E-state index in [-0.39, 0.29) is 49.3 Å². The van der Waals surface area contributed by atoms with Gasteiger partial charge in [0.1, 0.15) is 22.9 Å². The quantitative estimate of drug-likeness (QED) is 0.247. The van der Waals surface area contributed by atoms with Crippen molar-refractivity contribution >= 4 is 22.9 Å². The van der Waals surface area contributed by atoms with Gasteiger partial charge in [-0.25, -0.2) is 27.9 Å². The minimum absolute atomic E-state index is 0.0637. The standard InChI is InChI=1S/C27H23F4N7O3/c28-18-8-4-16(5-9-18)15-38-26(39)35-25(33-12-13-36-22-20(29)2-1-3-21(22)34-24(36)32)37(27(38)40)14-17-6-10-19(11-7-17)41-23(30)31/h1-11,23H,12-15H2,(H2,32,34)(H,33,35,39). The van der Waals surface area contributed by atoms with Crippen molar-refractivity contribution in [1.82, 2.24) is 23.7 Å². The number of rotatable bonds is 10. The third-order valence-electron chi connectivity index (χ3n) is 6.26. The number of hydrogen-bond donors (Lipinski definition) is 2. The van der Waals surface area contributed by atoms with Crippen molar-refractivity contribution in [2.24, 2.45) is 0 Å². The molecule has 0 saturated carbocycles. The summed E-state index contributed by atoms with van der Waals surface area (Å²) in [7, 11) is 0. The lowest BCUT2D eigenvalue weighted by Gasteiger charge is -2.16. The number of hydrogen-bond acceptors (Lipinski definition) is 7. The zero-order valence-corrected chi connectivity index (χ0v) is 21.3. The van der Waals surface area contributed by atoms with E-state index in [0.717, 1.165) is 4.57 Å². The van der Waals surface area contributed by atoms with Crippen LogP contribution in [-0.2, 0) is 19.6 Å². The second-order valence-corrected chi connectivity index (χ2v) is 8.98. The highest BCUT2D eigenvalue weighted by Crippen LogP contribution is 2.21. The Bertz CT molecular complexity index is 1800. The van der Waals surface area contributed by atoms with Crippen LogP contribution in [-0.4, -0.2) is 36.8 Å². The zero-order chi connectivity index (χ0) is 29.1. The topological polar surface area (TPSA) is 122 Å². The van der Waals surface area contributed by atoms with Gasteiger partial charge in [-0.1, -0.05) is 30.3 Å². The number of para-hydroxylation sites is 1. The van der Waals surface area contributed by atoms with Gasteiger partial charge < -0.3 is 20.4 Å². The van der Waals surface area contributed by atoms with E-state index >= 15 is 0 Å². The van der Waals surface area contributed by atoms with Gasteiger partial charge in [0, 0.05) is 13.1 Å². The molecule has 0 radical (unpaired) electrons. The first-order chi connectivity index (χ1) is 19.7. The molecule has 0 aliphatic heterocycles. The lowest BCUT2D eigenvalue weighted by molar-refractivity contribution is -0.0498. The SMILES string of the molecule is Nc1nc2cccc(F)c2n1CCNc1nc(=O)n(Cc2ccc(F)cc2)c(=O)n1Cc1ccc(OC(F)F)cc1. The Hall–Kier alpha value is -5.14. The van der Waals surface area contributed by atoms with Gasteiger partial charge in [-0.3, -0.25) is 4.57 Å². The van der Waals surface area contributed by atoms with E-state index in [4.69, 9.17) is 5.73 Å². The van der Waals surface area contributed by atoms with Gasteiger partial charge in [0.25, 0.3) is 0 Å². The molecule has 0 spiro atoms. The van der Waals surface area contributed by atoms with Crippen molar-refractivity contribution in [3.63, 3.8) is 0 Å². The molecule has 3 aromatic carbocycles. The molecule has 0 saturated heterocycles. The summed E-state index contributed by atoms with van der Waals surface area (Å²) in [5.74, 6) is -1.04. The van der Waals surface area contributed by atoms with Gasteiger partial charge in [-0.15, -0.1) is 0 Å². The summed E-state index contributed by atoms with van der Waals surface area (Å²) in [5.41, 5.74) is 6.02. The first kappa shape index (κ1) is 27.4. The smallest absolute Gasteiger partial charge is 0.387 e. The number of nitrogens with two attached hydrogens (primary N) is 1. The normalized spacial score (nSPS) is 11.3. The number of nitrogen functional groups attached to an aromatic ring is 1. The fourth-order valence-electron chi connectivity index (χ4n) is 4.34. The summed E-state index contributed by atoms with van der Waals surface area (Å²) in [6.45, 7) is -3.04.